The summed E-state index contributed by atoms with van der Waals surface area (Å²) in [6.45, 7) is 2.33. The first-order chi connectivity index (χ1) is 7.15. The number of benzene rings is 1. The Balaban J connectivity index is 2.26. The van der Waals surface area contributed by atoms with E-state index in [-0.39, 0.29) is 0 Å². The summed E-state index contributed by atoms with van der Waals surface area (Å²) in [6, 6.07) is 5.77. The molecule has 1 amide bonds. The minimum absolute atomic E-state index is 0.427. The van der Waals surface area contributed by atoms with Crippen LogP contribution in [0.15, 0.2) is 18.2 Å². The van der Waals surface area contributed by atoms with Crippen LogP contribution >= 0.6 is 11.6 Å². The van der Waals surface area contributed by atoms with E-state index in [9.17, 15) is 4.79 Å². The molecule has 0 atom stereocenters. The number of hydrogen-bond acceptors (Lipinski definition) is 2. The molecule has 0 saturated heterocycles. The molecular weight excluding hydrogens is 214 g/mol. The molecule has 1 aromatic carbocycles. The number of carbonyl (C=O) groups excluding carboxylic acids is 1. The summed E-state index contributed by atoms with van der Waals surface area (Å²) >= 11 is 5.18. The van der Waals surface area contributed by atoms with Crippen molar-refractivity contribution in [1.82, 2.24) is 15.3 Å². The second kappa shape index (κ2) is 3.90. The number of nitrogens with one attached hydrogen (secondary N) is 2. The highest BCUT2D eigenvalue weighted by atomic mass is 35.5. The molecule has 15 heavy (non-hydrogen) atoms. The van der Waals surface area contributed by atoms with Crippen LogP contribution in [0.3, 0.4) is 0 Å². The number of fused-ring (bicyclic) bond motifs is 1. The van der Waals surface area contributed by atoms with Crippen LogP contribution in [-0.4, -0.2) is 15.3 Å². The van der Waals surface area contributed by atoms with Crippen LogP contribution in [0.1, 0.15) is 11.4 Å². The summed E-state index contributed by atoms with van der Waals surface area (Å²) < 4.78 is 0. The highest BCUT2D eigenvalue weighted by molar-refractivity contribution is 6.62. The lowest BCUT2D eigenvalue weighted by Gasteiger charge is -2.00. The molecule has 0 unspecified atom stereocenters. The number of H-pyrrole nitrogens is 1. The van der Waals surface area contributed by atoms with Gasteiger partial charge in [0.2, 0.25) is 0 Å². The Morgan fingerprint density at radius 2 is 2.40 bits per heavy atom. The number of aromatic amines is 1. The summed E-state index contributed by atoms with van der Waals surface area (Å²) in [4.78, 5) is 17.9. The predicted octanol–water partition coefficient (Wildman–Crippen LogP) is 2.32. The zero-order valence-corrected chi connectivity index (χ0v) is 8.93. The third kappa shape index (κ3) is 2.27. The molecule has 1 aromatic heterocycles. The van der Waals surface area contributed by atoms with Crippen molar-refractivity contribution in [2.45, 2.75) is 13.5 Å². The molecule has 5 heteroatoms. The second-order valence-corrected chi connectivity index (χ2v) is 3.64. The molecule has 2 rings (SSSR count). The maximum absolute atomic E-state index is 10.5. The molecule has 0 spiro atoms. The summed E-state index contributed by atoms with van der Waals surface area (Å²) in [5.74, 6) is 0.878. The molecule has 4 nitrogen and oxygen atoms in total. The zero-order chi connectivity index (χ0) is 10.8. The van der Waals surface area contributed by atoms with E-state index in [1.165, 1.54) is 0 Å². The van der Waals surface area contributed by atoms with E-state index in [1.807, 2.05) is 25.1 Å². The number of rotatable bonds is 2. The average Bonchev–Trinajstić information content (AvgIpc) is 2.53. The van der Waals surface area contributed by atoms with Crippen molar-refractivity contribution in [3.63, 3.8) is 0 Å². The maximum Gasteiger partial charge on any atom is 0.314 e. The van der Waals surface area contributed by atoms with Crippen LogP contribution < -0.4 is 5.32 Å². The monoisotopic (exact) mass is 223 g/mol. The van der Waals surface area contributed by atoms with Gasteiger partial charge in [-0.3, -0.25) is 4.79 Å². The first-order valence-electron chi connectivity index (χ1n) is 4.54. The van der Waals surface area contributed by atoms with Crippen LogP contribution in [0.2, 0.25) is 0 Å². The van der Waals surface area contributed by atoms with Gasteiger partial charge < -0.3 is 10.3 Å². The number of hydrogen-bond donors (Lipinski definition) is 2. The molecule has 78 valence electrons. The van der Waals surface area contributed by atoms with E-state index in [4.69, 9.17) is 11.6 Å². The van der Waals surface area contributed by atoms with E-state index in [2.05, 4.69) is 15.3 Å². The fourth-order valence-corrected chi connectivity index (χ4v) is 1.53. The van der Waals surface area contributed by atoms with Crippen LogP contribution in [0.4, 0.5) is 4.79 Å². The molecule has 0 fully saturated rings. The van der Waals surface area contributed by atoms with Gasteiger partial charge in [0, 0.05) is 6.54 Å². The van der Waals surface area contributed by atoms with Crippen molar-refractivity contribution < 1.29 is 4.79 Å². The Morgan fingerprint density at radius 1 is 1.60 bits per heavy atom. The van der Waals surface area contributed by atoms with Crippen molar-refractivity contribution in [2.75, 3.05) is 0 Å². The van der Waals surface area contributed by atoms with Crippen molar-refractivity contribution in [3.8, 4) is 0 Å². The normalized spacial score (nSPS) is 10.5. The van der Waals surface area contributed by atoms with E-state index in [0.29, 0.717) is 6.54 Å². The van der Waals surface area contributed by atoms with Crippen molar-refractivity contribution in [1.29, 1.82) is 0 Å². The van der Waals surface area contributed by atoms with Gasteiger partial charge in [-0.05, 0) is 36.2 Å². The van der Waals surface area contributed by atoms with E-state index in [0.717, 1.165) is 22.4 Å². The Morgan fingerprint density at radius 3 is 3.13 bits per heavy atom. The number of aromatic nitrogens is 2. The number of aryl methyl sites for hydroxylation is 1. The number of nitrogens with zero attached hydrogens (tertiary/aromatic N) is 1. The Kier molecular flexibility index (Phi) is 2.60. The number of carbonyl (C=O) groups is 1. The summed E-state index contributed by atoms with van der Waals surface area (Å²) in [7, 11) is 0. The van der Waals surface area contributed by atoms with Gasteiger partial charge in [-0.25, -0.2) is 4.98 Å². The highest BCUT2D eigenvalue weighted by Gasteiger charge is 2.01. The third-order valence-corrected chi connectivity index (χ3v) is 2.23. The van der Waals surface area contributed by atoms with Gasteiger partial charge in [0.05, 0.1) is 11.0 Å². The smallest absolute Gasteiger partial charge is 0.314 e. The molecular formula is C10H10ClN3O. The molecule has 0 aliphatic rings. The van der Waals surface area contributed by atoms with Gasteiger partial charge in [-0.2, -0.15) is 0 Å². The van der Waals surface area contributed by atoms with Crippen LogP contribution in [0.25, 0.3) is 11.0 Å². The quantitative estimate of drug-likeness (QED) is 0.606. The standard InChI is InChI=1S/C10H10ClN3O/c1-6-13-8-3-2-7(4-9(8)14-6)5-12-10(11)15/h2-4H,5H2,1H3,(H,12,15)(H,13,14). The fourth-order valence-electron chi connectivity index (χ4n) is 1.47. The molecule has 0 bridgehead atoms. The molecule has 2 N–H and O–H groups in total. The summed E-state index contributed by atoms with van der Waals surface area (Å²) in [5, 5.41) is 1.98. The van der Waals surface area contributed by atoms with Crippen LogP contribution in [0, 0.1) is 6.92 Å². The van der Waals surface area contributed by atoms with Gasteiger partial charge >= 0.3 is 5.37 Å². The van der Waals surface area contributed by atoms with E-state index in [1.54, 1.807) is 0 Å². The molecule has 0 saturated carbocycles. The lowest BCUT2D eigenvalue weighted by molar-refractivity contribution is 0.259. The summed E-state index contributed by atoms with van der Waals surface area (Å²) in [6.07, 6.45) is 0. The molecule has 1 heterocycles. The minimum Gasteiger partial charge on any atom is -0.342 e. The Bertz CT molecular complexity index is 506. The zero-order valence-electron chi connectivity index (χ0n) is 8.17. The lowest BCUT2D eigenvalue weighted by Crippen LogP contribution is -2.15. The van der Waals surface area contributed by atoms with Crippen LogP contribution in [-0.2, 0) is 6.54 Å². The molecule has 0 radical (unpaired) electrons. The van der Waals surface area contributed by atoms with Gasteiger partial charge in [-0.1, -0.05) is 6.07 Å². The van der Waals surface area contributed by atoms with Gasteiger partial charge in [0.15, 0.2) is 0 Å². The topological polar surface area (TPSA) is 57.8 Å². The van der Waals surface area contributed by atoms with Crippen molar-refractivity contribution in [2.24, 2.45) is 0 Å². The first kappa shape index (κ1) is 9.98. The predicted molar refractivity (Wildman–Crippen MR) is 58.9 cm³/mol. The minimum atomic E-state index is -0.545. The average molecular weight is 224 g/mol. The second-order valence-electron chi connectivity index (χ2n) is 3.30. The Hall–Kier alpha value is -1.55. The van der Waals surface area contributed by atoms with Crippen molar-refractivity contribution >= 4 is 28.0 Å². The maximum atomic E-state index is 10.5. The van der Waals surface area contributed by atoms with E-state index < -0.39 is 5.37 Å². The lowest BCUT2D eigenvalue weighted by atomic mass is 10.2. The van der Waals surface area contributed by atoms with E-state index >= 15 is 0 Å². The van der Waals surface area contributed by atoms with Gasteiger partial charge in [0.25, 0.3) is 0 Å². The van der Waals surface area contributed by atoms with Crippen molar-refractivity contribution in [3.05, 3.63) is 29.6 Å². The third-order valence-electron chi connectivity index (χ3n) is 2.10. The Labute approximate surface area is 91.7 Å². The number of amides is 1. The largest absolute Gasteiger partial charge is 0.342 e. The first-order valence-corrected chi connectivity index (χ1v) is 4.91. The molecule has 0 aliphatic heterocycles. The highest BCUT2D eigenvalue weighted by Crippen LogP contribution is 2.13. The SMILES string of the molecule is Cc1nc2ccc(CNC(=O)Cl)cc2[nH]1. The summed E-state index contributed by atoms with van der Waals surface area (Å²) in [5.41, 5.74) is 2.88. The molecule has 0 aliphatic carbocycles. The van der Waals surface area contributed by atoms with Gasteiger partial charge in [0.1, 0.15) is 5.82 Å². The fraction of sp³-hybridized carbons (Fsp3) is 0.200. The van der Waals surface area contributed by atoms with Gasteiger partial charge in [-0.15, -0.1) is 0 Å². The number of imidazole rings is 1. The molecule has 2 aromatic rings. The van der Waals surface area contributed by atoms with Crippen LogP contribution in [0.5, 0.6) is 0 Å². The number of halogens is 1.